The first-order chi connectivity index (χ1) is 5.77. The minimum atomic E-state index is 0.366. The lowest BCUT2D eigenvalue weighted by atomic mass is 10.2. The zero-order valence-corrected chi connectivity index (χ0v) is 7.10. The molecule has 2 heterocycles. The van der Waals surface area contributed by atoms with E-state index in [0.717, 1.165) is 11.5 Å². The van der Waals surface area contributed by atoms with Gasteiger partial charge in [-0.2, -0.15) is 5.10 Å². The van der Waals surface area contributed by atoms with Crippen molar-refractivity contribution in [1.29, 1.82) is 0 Å². The molecule has 0 saturated carbocycles. The minimum absolute atomic E-state index is 0.366. The molecule has 0 aliphatic rings. The van der Waals surface area contributed by atoms with Gasteiger partial charge in [0.25, 0.3) is 0 Å². The fourth-order valence-corrected chi connectivity index (χ4v) is 1.01. The van der Waals surface area contributed by atoms with E-state index in [-0.39, 0.29) is 0 Å². The van der Waals surface area contributed by atoms with Crippen LogP contribution >= 0.6 is 0 Å². The van der Waals surface area contributed by atoms with Gasteiger partial charge in [0.1, 0.15) is 0 Å². The molecule has 0 N–H and O–H groups in total. The van der Waals surface area contributed by atoms with Crippen LogP contribution in [-0.4, -0.2) is 19.6 Å². The van der Waals surface area contributed by atoms with Crippen molar-refractivity contribution < 1.29 is 0 Å². The number of nitrogens with zero attached hydrogens (tertiary/aromatic N) is 4. The molecule has 0 atom stereocenters. The first kappa shape index (κ1) is 7.21. The van der Waals surface area contributed by atoms with Crippen molar-refractivity contribution in [3.05, 3.63) is 24.4 Å². The summed E-state index contributed by atoms with van der Waals surface area (Å²) in [6, 6.07) is 0. The second-order valence-electron chi connectivity index (χ2n) is 3.00. The first-order valence-corrected chi connectivity index (χ1v) is 3.93. The molecule has 0 aliphatic carbocycles. The molecule has 12 heavy (non-hydrogen) atoms. The van der Waals surface area contributed by atoms with E-state index in [1.807, 2.05) is 0 Å². The quantitative estimate of drug-likeness (QED) is 0.633. The molecule has 0 bridgehead atoms. The van der Waals surface area contributed by atoms with Gasteiger partial charge in [0.05, 0.1) is 6.20 Å². The van der Waals surface area contributed by atoms with Gasteiger partial charge in [-0.25, -0.2) is 9.50 Å². The largest absolute Gasteiger partial charge is 0.259 e. The Kier molecular flexibility index (Phi) is 1.53. The highest BCUT2D eigenvalue weighted by Gasteiger charge is 2.05. The van der Waals surface area contributed by atoms with Crippen LogP contribution in [0.2, 0.25) is 0 Å². The van der Waals surface area contributed by atoms with E-state index in [4.69, 9.17) is 0 Å². The van der Waals surface area contributed by atoms with Crippen molar-refractivity contribution in [2.75, 3.05) is 0 Å². The van der Waals surface area contributed by atoms with Crippen LogP contribution in [0.1, 0.15) is 25.6 Å². The average molecular weight is 162 g/mol. The fraction of sp³-hybridized carbons (Fsp3) is 0.375. The van der Waals surface area contributed by atoms with Crippen LogP contribution in [0.5, 0.6) is 0 Å². The van der Waals surface area contributed by atoms with Crippen molar-refractivity contribution in [3.8, 4) is 0 Å². The second kappa shape index (κ2) is 2.55. The number of aromatic nitrogens is 4. The summed E-state index contributed by atoms with van der Waals surface area (Å²) < 4.78 is 1.74. The maximum atomic E-state index is 4.30. The second-order valence-corrected chi connectivity index (χ2v) is 3.00. The Balaban J connectivity index is 2.62. The zero-order valence-electron chi connectivity index (χ0n) is 7.10. The molecular weight excluding hydrogens is 152 g/mol. The molecule has 0 saturated heterocycles. The maximum absolute atomic E-state index is 4.30. The van der Waals surface area contributed by atoms with Crippen LogP contribution < -0.4 is 0 Å². The number of fused-ring (bicyclic) bond motifs is 1. The molecule has 0 aliphatic heterocycles. The third kappa shape index (κ3) is 1.05. The summed E-state index contributed by atoms with van der Waals surface area (Å²) in [6.07, 6.45) is 5.21. The van der Waals surface area contributed by atoms with Crippen LogP contribution in [-0.2, 0) is 0 Å². The van der Waals surface area contributed by atoms with Crippen LogP contribution in [0.4, 0.5) is 0 Å². The monoisotopic (exact) mass is 162 g/mol. The lowest BCUT2D eigenvalue weighted by Crippen LogP contribution is -1.91. The Labute approximate surface area is 70.3 Å². The highest BCUT2D eigenvalue weighted by atomic mass is 15.3. The van der Waals surface area contributed by atoms with Crippen molar-refractivity contribution in [3.63, 3.8) is 0 Å². The normalized spacial score (nSPS) is 11.2. The first-order valence-electron chi connectivity index (χ1n) is 3.93. The fourth-order valence-electron chi connectivity index (χ4n) is 1.01. The van der Waals surface area contributed by atoms with Crippen LogP contribution in [0.15, 0.2) is 18.6 Å². The van der Waals surface area contributed by atoms with Crippen LogP contribution in [0.25, 0.3) is 5.65 Å². The Morgan fingerprint density at radius 1 is 1.42 bits per heavy atom. The molecule has 0 amide bonds. The molecule has 0 aromatic carbocycles. The number of hydrogen-bond acceptors (Lipinski definition) is 3. The van der Waals surface area contributed by atoms with Gasteiger partial charge in [0.15, 0.2) is 11.5 Å². The molecule has 4 nitrogen and oxygen atoms in total. The van der Waals surface area contributed by atoms with Gasteiger partial charge in [0.2, 0.25) is 0 Å². The van der Waals surface area contributed by atoms with Gasteiger partial charge in [-0.05, 0) is 0 Å². The van der Waals surface area contributed by atoms with Crippen LogP contribution in [0, 0.1) is 0 Å². The molecule has 0 unspecified atom stereocenters. The van der Waals surface area contributed by atoms with Gasteiger partial charge in [-0.15, -0.1) is 0 Å². The van der Waals surface area contributed by atoms with E-state index in [1.165, 1.54) is 0 Å². The Morgan fingerprint density at radius 2 is 2.25 bits per heavy atom. The van der Waals surface area contributed by atoms with E-state index >= 15 is 0 Å². The van der Waals surface area contributed by atoms with Crippen molar-refractivity contribution >= 4 is 5.65 Å². The van der Waals surface area contributed by atoms with Crippen molar-refractivity contribution in [2.45, 2.75) is 19.8 Å². The molecule has 62 valence electrons. The summed E-state index contributed by atoms with van der Waals surface area (Å²) in [4.78, 5) is 8.26. The topological polar surface area (TPSA) is 43.1 Å². The zero-order chi connectivity index (χ0) is 8.55. The Hall–Kier alpha value is -1.45. The standard InChI is InChI=1S/C8H10N4/c1-6(2)8-10-7-5-9-3-4-12(7)11-8/h3-6H,1-2H3. The van der Waals surface area contributed by atoms with Gasteiger partial charge in [-0.3, -0.25) is 4.98 Å². The molecule has 0 fully saturated rings. The predicted molar refractivity (Wildman–Crippen MR) is 44.9 cm³/mol. The number of rotatable bonds is 1. The van der Waals surface area contributed by atoms with Crippen molar-refractivity contribution in [1.82, 2.24) is 19.6 Å². The van der Waals surface area contributed by atoms with Gasteiger partial charge in [0, 0.05) is 18.3 Å². The molecule has 0 spiro atoms. The van der Waals surface area contributed by atoms with E-state index in [0.29, 0.717) is 5.92 Å². The highest BCUT2D eigenvalue weighted by Crippen LogP contribution is 2.09. The Morgan fingerprint density at radius 3 is 2.92 bits per heavy atom. The third-order valence-corrected chi connectivity index (χ3v) is 1.67. The van der Waals surface area contributed by atoms with E-state index in [2.05, 4.69) is 28.9 Å². The molecule has 4 heteroatoms. The summed E-state index contributed by atoms with van der Waals surface area (Å²) in [5.74, 6) is 1.23. The lowest BCUT2D eigenvalue weighted by Gasteiger charge is -1.92. The maximum Gasteiger partial charge on any atom is 0.173 e. The summed E-state index contributed by atoms with van der Waals surface area (Å²) in [6.45, 7) is 4.14. The van der Waals surface area contributed by atoms with E-state index in [1.54, 1.807) is 23.1 Å². The average Bonchev–Trinajstić information content (AvgIpc) is 2.46. The summed E-state index contributed by atoms with van der Waals surface area (Å²) in [5.41, 5.74) is 0.807. The summed E-state index contributed by atoms with van der Waals surface area (Å²) in [7, 11) is 0. The van der Waals surface area contributed by atoms with Gasteiger partial charge < -0.3 is 0 Å². The third-order valence-electron chi connectivity index (χ3n) is 1.67. The summed E-state index contributed by atoms with van der Waals surface area (Å²) in [5, 5.41) is 4.28. The smallest absolute Gasteiger partial charge is 0.173 e. The summed E-state index contributed by atoms with van der Waals surface area (Å²) >= 11 is 0. The SMILES string of the molecule is CC(C)c1nc2cnccn2n1. The van der Waals surface area contributed by atoms with Crippen molar-refractivity contribution in [2.24, 2.45) is 0 Å². The van der Waals surface area contributed by atoms with Gasteiger partial charge in [-0.1, -0.05) is 13.8 Å². The Bertz CT molecular complexity index is 358. The number of hydrogen-bond donors (Lipinski definition) is 0. The molecule has 0 radical (unpaired) electrons. The van der Waals surface area contributed by atoms with Crippen LogP contribution in [0.3, 0.4) is 0 Å². The molecular formula is C8H10N4. The van der Waals surface area contributed by atoms with E-state index in [9.17, 15) is 0 Å². The predicted octanol–water partition coefficient (Wildman–Crippen LogP) is 1.25. The molecule has 2 aromatic rings. The molecule has 2 rings (SSSR count). The minimum Gasteiger partial charge on any atom is -0.259 e. The molecule has 2 aromatic heterocycles. The van der Waals surface area contributed by atoms with E-state index < -0.39 is 0 Å². The lowest BCUT2D eigenvalue weighted by molar-refractivity contribution is 0.765. The highest BCUT2D eigenvalue weighted by molar-refractivity contribution is 5.33. The van der Waals surface area contributed by atoms with Gasteiger partial charge >= 0.3 is 0 Å².